The van der Waals surface area contributed by atoms with Crippen LogP contribution in [0.2, 0.25) is 5.02 Å². The first-order valence-electron chi connectivity index (χ1n) is 7.20. The molecule has 5 heteroatoms. The van der Waals surface area contributed by atoms with Gasteiger partial charge in [0.1, 0.15) is 5.69 Å². The summed E-state index contributed by atoms with van der Waals surface area (Å²) in [7, 11) is 0. The molecule has 0 aliphatic heterocycles. The number of fused-ring (bicyclic) bond motifs is 1. The van der Waals surface area contributed by atoms with Crippen LogP contribution in [0, 0.1) is 0 Å². The normalized spacial score (nSPS) is 10.7. The van der Waals surface area contributed by atoms with E-state index in [1.165, 1.54) is 0 Å². The lowest BCUT2D eigenvalue weighted by Crippen LogP contribution is -2.12. The quantitative estimate of drug-likeness (QED) is 0.576. The molecule has 116 valence electrons. The van der Waals surface area contributed by atoms with E-state index in [0.717, 1.165) is 0 Å². The highest BCUT2D eigenvalue weighted by Gasteiger charge is 2.25. The Kier molecular flexibility index (Phi) is 4.17. The van der Waals surface area contributed by atoms with E-state index in [9.17, 15) is 9.59 Å². The number of halogens is 1. The number of ketones is 1. The maximum absolute atomic E-state index is 12.9. The Hall–Kier alpha value is -2.59. The molecule has 0 atom stereocenters. The minimum atomic E-state index is -0.556. The van der Waals surface area contributed by atoms with Gasteiger partial charge in [-0.25, -0.2) is 4.79 Å². The Bertz CT molecular complexity index is 884. The molecule has 0 saturated heterocycles. The fourth-order valence-corrected chi connectivity index (χ4v) is 2.67. The summed E-state index contributed by atoms with van der Waals surface area (Å²) >= 11 is 6.00. The van der Waals surface area contributed by atoms with Gasteiger partial charge in [0, 0.05) is 21.5 Å². The number of nitrogens with one attached hydrogen (secondary N) is 1. The Balaban J connectivity index is 2.22. The van der Waals surface area contributed by atoms with Crippen LogP contribution in [0.25, 0.3) is 10.9 Å². The van der Waals surface area contributed by atoms with Crippen molar-refractivity contribution in [2.75, 3.05) is 6.61 Å². The van der Waals surface area contributed by atoms with Crippen molar-refractivity contribution in [1.82, 2.24) is 4.98 Å². The summed E-state index contributed by atoms with van der Waals surface area (Å²) in [5.41, 5.74) is 1.59. The zero-order valence-electron chi connectivity index (χ0n) is 12.4. The topological polar surface area (TPSA) is 59.2 Å². The predicted octanol–water partition coefficient (Wildman–Crippen LogP) is 4.23. The van der Waals surface area contributed by atoms with E-state index >= 15 is 0 Å². The van der Waals surface area contributed by atoms with Gasteiger partial charge >= 0.3 is 5.97 Å². The Morgan fingerprint density at radius 1 is 1.13 bits per heavy atom. The van der Waals surface area contributed by atoms with Crippen molar-refractivity contribution in [2.24, 2.45) is 0 Å². The molecular weight excluding hydrogens is 314 g/mol. The van der Waals surface area contributed by atoms with Crippen LogP contribution < -0.4 is 0 Å². The summed E-state index contributed by atoms with van der Waals surface area (Å²) in [5.74, 6) is -0.790. The van der Waals surface area contributed by atoms with Crippen molar-refractivity contribution in [3.63, 3.8) is 0 Å². The summed E-state index contributed by atoms with van der Waals surface area (Å²) in [6.07, 6.45) is 0. The molecule has 0 aliphatic rings. The third-order valence-electron chi connectivity index (χ3n) is 3.50. The van der Waals surface area contributed by atoms with Crippen molar-refractivity contribution < 1.29 is 14.3 Å². The first-order chi connectivity index (χ1) is 11.1. The van der Waals surface area contributed by atoms with Crippen LogP contribution in [-0.4, -0.2) is 23.3 Å². The van der Waals surface area contributed by atoms with Crippen LogP contribution in [0.4, 0.5) is 0 Å². The van der Waals surface area contributed by atoms with E-state index in [0.29, 0.717) is 27.1 Å². The Labute approximate surface area is 138 Å². The molecule has 0 bridgehead atoms. The van der Waals surface area contributed by atoms with E-state index in [2.05, 4.69) is 4.98 Å². The summed E-state index contributed by atoms with van der Waals surface area (Å²) in [4.78, 5) is 28.1. The van der Waals surface area contributed by atoms with Crippen molar-refractivity contribution in [3.8, 4) is 0 Å². The lowest BCUT2D eigenvalue weighted by atomic mass is 10.00. The number of esters is 1. The van der Waals surface area contributed by atoms with Gasteiger partial charge in [-0.1, -0.05) is 48.0 Å². The predicted molar refractivity (Wildman–Crippen MR) is 89.1 cm³/mol. The van der Waals surface area contributed by atoms with Crippen molar-refractivity contribution in [1.29, 1.82) is 0 Å². The molecule has 0 unspecified atom stereocenters. The van der Waals surface area contributed by atoms with Gasteiger partial charge in [-0.05, 0) is 19.1 Å². The van der Waals surface area contributed by atoms with Crippen molar-refractivity contribution in [2.45, 2.75) is 6.92 Å². The van der Waals surface area contributed by atoms with Crippen LogP contribution in [0.5, 0.6) is 0 Å². The van der Waals surface area contributed by atoms with Gasteiger partial charge in [-0.3, -0.25) is 4.79 Å². The molecule has 1 aromatic heterocycles. The van der Waals surface area contributed by atoms with Gasteiger partial charge in [0.15, 0.2) is 5.78 Å². The highest BCUT2D eigenvalue weighted by atomic mass is 35.5. The third-order valence-corrected chi connectivity index (χ3v) is 3.74. The van der Waals surface area contributed by atoms with Gasteiger partial charge < -0.3 is 9.72 Å². The minimum Gasteiger partial charge on any atom is -0.461 e. The summed E-state index contributed by atoms with van der Waals surface area (Å²) in [6, 6.07) is 13.9. The second-order valence-electron chi connectivity index (χ2n) is 4.98. The average Bonchev–Trinajstić information content (AvgIpc) is 2.93. The molecule has 3 rings (SSSR count). The summed E-state index contributed by atoms with van der Waals surface area (Å²) < 4.78 is 5.06. The second-order valence-corrected chi connectivity index (χ2v) is 5.42. The third kappa shape index (κ3) is 2.85. The van der Waals surface area contributed by atoms with E-state index in [-0.39, 0.29) is 18.1 Å². The van der Waals surface area contributed by atoms with Gasteiger partial charge in [-0.15, -0.1) is 0 Å². The zero-order valence-corrected chi connectivity index (χ0v) is 13.2. The fraction of sp³-hybridized carbons (Fsp3) is 0.111. The molecule has 0 spiro atoms. The van der Waals surface area contributed by atoms with Crippen LogP contribution in [0.15, 0.2) is 48.5 Å². The zero-order chi connectivity index (χ0) is 16.4. The van der Waals surface area contributed by atoms with Gasteiger partial charge in [0.25, 0.3) is 0 Å². The van der Waals surface area contributed by atoms with Crippen molar-refractivity contribution in [3.05, 3.63) is 70.4 Å². The molecule has 0 amide bonds. The summed E-state index contributed by atoms with van der Waals surface area (Å²) in [6.45, 7) is 1.95. The van der Waals surface area contributed by atoms with Crippen molar-refractivity contribution >= 4 is 34.3 Å². The van der Waals surface area contributed by atoms with Crippen LogP contribution in [0.3, 0.4) is 0 Å². The van der Waals surface area contributed by atoms with Crippen LogP contribution in [0.1, 0.15) is 33.3 Å². The molecule has 0 saturated carbocycles. The standard InChI is InChI=1S/C18H14ClNO3/c1-2-23-18(22)16-15(17(21)11-6-4-3-5-7-11)13-9-8-12(19)10-14(13)20-16/h3-10,20H,2H2,1H3. The Morgan fingerprint density at radius 2 is 1.87 bits per heavy atom. The highest BCUT2D eigenvalue weighted by molar-refractivity contribution is 6.31. The number of hydrogen-bond acceptors (Lipinski definition) is 3. The smallest absolute Gasteiger partial charge is 0.355 e. The molecule has 4 nitrogen and oxygen atoms in total. The maximum atomic E-state index is 12.9. The Morgan fingerprint density at radius 3 is 2.57 bits per heavy atom. The number of benzene rings is 2. The minimum absolute atomic E-state index is 0.151. The van der Waals surface area contributed by atoms with E-state index < -0.39 is 5.97 Å². The van der Waals surface area contributed by atoms with E-state index in [1.807, 2.05) is 6.07 Å². The molecule has 3 aromatic rings. The number of aromatic amines is 1. The number of aromatic nitrogens is 1. The van der Waals surface area contributed by atoms with Gasteiger partial charge in [0.2, 0.25) is 0 Å². The number of ether oxygens (including phenoxy) is 1. The molecule has 1 N–H and O–H groups in total. The SMILES string of the molecule is CCOC(=O)c1[nH]c2cc(Cl)ccc2c1C(=O)c1ccccc1. The van der Waals surface area contributed by atoms with Gasteiger partial charge in [-0.2, -0.15) is 0 Å². The lowest BCUT2D eigenvalue weighted by Gasteiger charge is -2.04. The van der Waals surface area contributed by atoms with E-state index in [4.69, 9.17) is 16.3 Å². The number of rotatable bonds is 4. The first kappa shape index (κ1) is 15.3. The lowest BCUT2D eigenvalue weighted by molar-refractivity contribution is 0.0518. The van der Waals surface area contributed by atoms with E-state index in [1.54, 1.807) is 49.4 Å². The molecule has 0 aliphatic carbocycles. The molecule has 23 heavy (non-hydrogen) atoms. The maximum Gasteiger partial charge on any atom is 0.355 e. The molecule has 1 heterocycles. The largest absolute Gasteiger partial charge is 0.461 e. The number of carbonyl (C=O) groups is 2. The summed E-state index contributed by atoms with van der Waals surface area (Å²) in [5, 5.41) is 1.17. The highest BCUT2D eigenvalue weighted by Crippen LogP contribution is 2.28. The average molecular weight is 328 g/mol. The molecule has 0 fully saturated rings. The fourth-order valence-electron chi connectivity index (χ4n) is 2.50. The van der Waals surface area contributed by atoms with Crippen LogP contribution >= 0.6 is 11.6 Å². The molecule has 0 radical (unpaired) electrons. The van der Waals surface area contributed by atoms with Crippen LogP contribution in [-0.2, 0) is 4.74 Å². The number of hydrogen-bond donors (Lipinski definition) is 1. The number of carbonyl (C=O) groups excluding carboxylic acids is 2. The number of H-pyrrole nitrogens is 1. The molecule has 2 aromatic carbocycles. The second kappa shape index (κ2) is 6.26. The molecular formula is C18H14ClNO3. The first-order valence-corrected chi connectivity index (χ1v) is 7.57. The monoisotopic (exact) mass is 327 g/mol. The van der Waals surface area contributed by atoms with Gasteiger partial charge in [0.05, 0.1) is 12.2 Å².